The molecule has 1 aromatic carbocycles. The van der Waals surface area contributed by atoms with Gasteiger partial charge in [0, 0.05) is 41.9 Å². The molecule has 4 atom stereocenters. The van der Waals surface area contributed by atoms with Gasteiger partial charge in [-0.3, -0.25) is 14.4 Å². The van der Waals surface area contributed by atoms with Gasteiger partial charge < -0.3 is 20.3 Å². The van der Waals surface area contributed by atoms with E-state index < -0.39 is 54.0 Å². The van der Waals surface area contributed by atoms with Crippen LogP contribution in [0.5, 0.6) is 5.88 Å². The van der Waals surface area contributed by atoms with Gasteiger partial charge in [-0.05, 0) is 37.1 Å². The highest BCUT2D eigenvalue weighted by Crippen LogP contribution is 2.46. The van der Waals surface area contributed by atoms with Crippen LogP contribution in [0.1, 0.15) is 46.3 Å². The van der Waals surface area contributed by atoms with Crippen molar-refractivity contribution in [1.29, 1.82) is 0 Å². The lowest BCUT2D eigenvalue weighted by Crippen LogP contribution is -2.59. The minimum Gasteiger partial charge on any atom is -0.455 e. The van der Waals surface area contributed by atoms with Gasteiger partial charge in [-0.15, -0.1) is 0 Å². The second-order valence-corrected chi connectivity index (χ2v) is 10.2. The summed E-state index contributed by atoms with van der Waals surface area (Å²) in [5.41, 5.74) is 0.575. The van der Waals surface area contributed by atoms with Crippen LogP contribution in [-0.4, -0.2) is 57.4 Å². The van der Waals surface area contributed by atoms with Crippen molar-refractivity contribution < 1.29 is 32.3 Å². The van der Waals surface area contributed by atoms with E-state index in [4.69, 9.17) is 4.74 Å². The van der Waals surface area contributed by atoms with Crippen molar-refractivity contribution in [2.45, 2.75) is 49.5 Å². The molecule has 3 aromatic rings. The first kappa shape index (κ1) is 25.8. The molecule has 3 amide bonds. The second-order valence-electron chi connectivity index (χ2n) is 10.2. The summed E-state index contributed by atoms with van der Waals surface area (Å²) < 4.78 is 46.2. The van der Waals surface area contributed by atoms with E-state index in [-0.39, 0.29) is 24.3 Å². The van der Waals surface area contributed by atoms with Gasteiger partial charge in [0.2, 0.25) is 17.4 Å². The van der Waals surface area contributed by atoms with Crippen molar-refractivity contribution in [3.63, 3.8) is 0 Å². The topological polar surface area (TPSA) is 114 Å². The average molecular weight is 552 g/mol. The highest BCUT2D eigenvalue weighted by molar-refractivity contribution is 6.05. The highest BCUT2D eigenvalue weighted by Gasteiger charge is 2.54. The van der Waals surface area contributed by atoms with Crippen molar-refractivity contribution >= 4 is 23.5 Å². The lowest BCUT2D eigenvalue weighted by atomic mass is 9.81. The van der Waals surface area contributed by atoms with Gasteiger partial charge in [0.05, 0.1) is 5.56 Å². The second kappa shape index (κ2) is 9.32. The van der Waals surface area contributed by atoms with Crippen LogP contribution < -0.4 is 15.4 Å². The van der Waals surface area contributed by atoms with Crippen molar-refractivity contribution in [3.05, 3.63) is 83.2 Å². The van der Waals surface area contributed by atoms with Crippen LogP contribution >= 0.6 is 0 Å². The molecule has 1 saturated heterocycles. The third-order valence-corrected chi connectivity index (χ3v) is 7.77. The summed E-state index contributed by atoms with van der Waals surface area (Å²) in [6.45, 7) is 0.174. The number of halogens is 3. The van der Waals surface area contributed by atoms with Crippen LogP contribution in [0.15, 0.2) is 60.9 Å². The molecule has 0 bridgehead atoms. The molecule has 2 N–H and O–H groups in total. The largest absolute Gasteiger partial charge is 0.455 e. The number of anilines is 1. The Morgan fingerprint density at radius 1 is 1.18 bits per heavy atom. The number of rotatable bonds is 4. The quantitative estimate of drug-likeness (QED) is 0.515. The van der Waals surface area contributed by atoms with Gasteiger partial charge in [-0.1, -0.05) is 30.3 Å². The van der Waals surface area contributed by atoms with Crippen molar-refractivity contribution in [2.75, 3.05) is 11.9 Å². The molecule has 206 valence electrons. The molecule has 1 spiro atoms. The minimum absolute atomic E-state index is 0.0919. The number of nitrogens with zero attached hydrogens (tertiary/aromatic N) is 3. The molecular formula is C28H24F3N5O4. The number of carbonyl (C=O) groups excluding carboxylic acids is 3. The van der Waals surface area contributed by atoms with Crippen molar-refractivity contribution in [1.82, 2.24) is 20.2 Å². The Bertz CT molecular complexity index is 1520. The van der Waals surface area contributed by atoms with Gasteiger partial charge in [-0.25, -0.2) is 9.97 Å². The summed E-state index contributed by atoms with van der Waals surface area (Å²) in [6, 6.07) is 12.0. The Balaban J connectivity index is 1.25. The van der Waals surface area contributed by atoms with Crippen LogP contribution in [-0.2, 0) is 21.6 Å². The van der Waals surface area contributed by atoms with Gasteiger partial charge in [0.15, 0.2) is 0 Å². The maximum atomic E-state index is 13.4. The number of hydrogen-bond acceptors (Lipinski definition) is 6. The standard InChI is InChI=1S/C28H24F3N5O4/c1-15-19(16-6-3-2-4-7-16)11-21(25(38)36(15)14-28(29,30)31)34-23(37)18-10-17-12-27(40-24(17)33-13-18)20-8-5-9-32-22(20)35-26(27)39/h2-10,13,15,19,21H,11-12,14H2,1H3,(H,34,37)(H,32,35,39)/t15-,19-,21+,27-/m1/s1. The molecule has 12 heteroatoms. The van der Waals surface area contributed by atoms with Crippen LogP contribution in [0.3, 0.4) is 0 Å². The van der Waals surface area contributed by atoms with E-state index in [1.54, 1.807) is 55.6 Å². The first-order valence-corrected chi connectivity index (χ1v) is 12.7. The zero-order valence-electron chi connectivity index (χ0n) is 21.2. The summed E-state index contributed by atoms with van der Waals surface area (Å²) in [5, 5.41) is 5.33. The predicted octanol–water partition coefficient (Wildman–Crippen LogP) is 3.32. The smallest absolute Gasteiger partial charge is 0.406 e. The highest BCUT2D eigenvalue weighted by atomic mass is 19.4. The van der Waals surface area contributed by atoms with Gasteiger partial charge in [-0.2, -0.15) is 13.2 Å². The fraction of sp³-hybridized carbons (Fsp3) is 0.321. The molecule has 0 saturated carbocycles. The molecule has 0 unspecified atom stereocenters. The van der Waals surface area contributed by atoms with E-state index in [0.717, 1.165) is 10.5 Å². The van der Waals surface area contributed by atoms with Crippen molar-refractivity contribution in [3.8, 4) is 5.88 Å². The number of aromatic nitrogens is 2. The molecule has 0 radical (unpaired) electrons. The van der Waals surface area contributed by atoms with Gasteiger partial charge >= 0.3 is 6.18 Å². The van der Waals surface area contributed by atoms with Crippen molar-refractivity contribution in [2.24, 2.45) is 0 Å². The Hall–Kier alpha value is -4.48. The number of alkyl halides is 3. The number of ether oxygens (including phenoxy) is 1. The maximum absolute atomic E-state index is 13.4. The molecule has 3 aliphatic rings. The minimum atomic E-state index is -4.60. The maximum Gasteiger partial charge on any atom is 0.406 e. The molecule has 40 heavy (non-hydrogen) atoms. The number of hydrogen-bond donors (Lipinski definition) is 2. The van der Waals surface area contributed by atoms with E-state index in [1.165, 1.54) is 12.3 Å². The number of fused-ring (bicyclic) bond motifs is 3. The summed E-state index contributed by atoms with van der Waals surface area (Å²) in [5.74, 6) is -1.71. The Morgan fingerprint density at radius 2 is 1.95 bits per heavy atom. The Morgan fingerprint density at radius 3 is 2.70 bits per heavy atom. The van der Waals surface area contributed by atoms with E-state index in [9.17, 15) is 27.6 Å². The normalized spacial score (nSPS) is 25.3. The molecule has 0 aliphatic carbocycles. The summed E-state index contributed by atoms with van der Waals surface area (Å²) in [4.78, 5) is 48.5. The fourth-order valence-electron chi connectivity index (χ4n) is 5.81. The fourth-order valence-corrected chi connectivity index (χ4v) is 5.81. The Kier molecular flexibility index (Phi) is 6.00. The van der Waals surface area contributed by atoms with Crippen LogP contribution in [0.2, 0.25) is 0 Å². The predicted molar refractivity (Wildman–Crippen MR) is 135 cm³/mol. The summed E-state index contributed by atoms with van der Waals surface area (Å²) in [7, 11) is 0. The van der Waals surface area contributed by atoms with Gasteiger partial charge in [0.1, 0.15) is 18.4 Å². The van der Waals surface area contributed by atoms with E-state index in [2.05, 4.69) is 20.6 Å². The molecule has 1 fully saturated rings. The third kappa shape index (κ3) is 4.33. The first-order valence-electron chi connectivity index (χ1n) is 12.7. The molecule has 2 aromatic heterocycles. The number of nitrogens with one attached hydrogen (secondary N) is 2. The molecule has 5 heterocycles. The van der Waals surface area contributed by atoms with E-state index in [1.807, 2.05) is 0 Å². The number of carbonyl (C=O) groups is 3. The molecular weight excluding hydrogens is 527 g/mol. The zero-order valence-corrected chi connectivity index (χ0v) is 21.2. The van der Waals surface area contributed by atoms with Gasteiger partial charge in [0.25, 0.3) is 11.8 Å². The SMILES string of the molecule is C[C@@H]1[C@H](c2ccccc2)C[C@H](NC(=O)c2cnc3c(c2)C[C@]2(O3)C(=O)Nc3ncccc32)C(=O)N1CC(F)(F)F. The summed E-state index contributed by atoms with van der Waals surface area (Å²) >= 11 is 0. The number of piperidine rings is 1. The number of amides is 3. The zero-order chi connectivity index (χ0) is 28.2. The third-order valence-electron chi connectivity index (χ3n) is 7.77. The monoisotopic (exact) mass is 551 g/mol. The summed E-state index contributed by atoms with van der Waals surface area (Å²) in [6.07, 6.45) is -1.55. The van der Waals surface area contributed by atoms with Crippen LogP contribution in [0, 0.1) is 0 Å². The molecule has 3 aliphatic heterocycles. The molecule has 6 rings (SSSR count). The molecule has 9 nitrogen and oxygen atoms in total. The number of likely N-dealkylation sites (tertiary alicyclic amines) is 1. The number of benzene rings is 1. The Labute approximate surface area is 226 Å². The van der Waals surface area contributed by atoms with Crippen LogP contribution in [0.25, 0.3) is 0 Å². The first-order chi connectivity index (χ1) is 19.1. The van der Waals surface area contributed by atoms with E-state index >= 15 is 0 Å². The number of pyridine rings is 2. The average Bonchev–Trinajstić information content (AvgIpc) is 3.44. The van der Waals surface area contributed by atoms with Crippen LogP contribution in [0.4, 0.5) is 19.0 Å². The van der Waals surface area contributed by atoms with E-state index in [0.29, 0.717) is 16.9 Å². The lowest BCUT2D eigenvalue weighted by Gasteiger charge is -2.43. The lowest BCUT2D eigenvalue weighted by molar-refractivity contribution is -0.170.